The maximum absolute atomic E-state index is 2.42. The summed E-state index contributed by atoms with van der Waals surface area (Å²) in [5.41, 5.74) is 7.91. The fourth-order valence-electron chi connectivity index (χ4n) is 7.40. The van der Waals surface area contributed by atoms with E-state index in [2.05, 4.69) is 147 Å². The number of thiophene rings is 1. The highest BCUT2D eigenvalue weighted by molar-refractivity contribution is 7.25. The van der Waals surface area contributed by atoms with Gasteiger partial charge >= 0.3 is 0 Å². The van der Waals surface area contributed by atoms with Crippen molar-refractivity contribution in [3.05, 3.63) is 145 Å². The molecule has 0 saturated carbocycles. The van der Waals surface area contributed by atoms with Crippen LogP contribution in [0.1, 0.15) is 11.1 Å². The van der Waals surface area contributed by atoms with Crippen LogP contribution in [0.3, 0.4) is 0 Å². The molecular formula is C42H28S. The SMILES string of the molecule is Cc1c2ccccc2c(-c2ccc3c(c2)sc2ccc(-c4c5ccccc5c(C)c5ccccc45)cc23)c2ccccc12. The molecule has 0 N–H and O–H groups in total. The van der Waals surface area contributed by atoms with E-state index in [1.165, 1.54) is 96.6 Å². The quantitative estimate of drug-likeness (QED) is 0.183. The third-order valence-corrected chi connectivity index (χ3v) is 10.6. The van der Waals surface area contributed by atoms with Crippen LogP contribution in [0.15, 0.2) is 133 Å². The Morgan fingerprint density at radius 2 is 0.721 bits per heavy atom. The van der Waals surface area contributed by atoms with Crippen molar-refractivity contribution in [2.45, 2.75) is 13.8 Å². The molecule has 0 spiro atoms. The molecule has 0 unspecified atom stereocenters. The molecule has 1 heteroatoms. The van der Waals surface area contributed by atoms with Gasteiger partial charge in [0.05, 0.1) is 0 Å². The predicted octanol–water partition coefficient (Wildman–Crippen LogP) is 12.6. The Labute approximate surface area is 254 Å². The van der Waals surface area contributed by atoms with Crippen LogP contribution in [0, 0.1) is 13.8 Å². The smallest absolute Gasteiger partial charge is 0.0361 e. The van der Waals surface area contributed by atoms with E-state index in [1.54, 1.807) is 0 Å². The first-order chi connectivity index (χ1) is 21.2. The summed E-state index contributed by atoms with van der Waals surface area (Å²) in [4.78, 5) is 0. The van der Waals surface area contributed by atoms with Crippen LogP contribution in [-0.4, -0.2) is 0 Å². The third kappa shape index (κ3) is 3.55. The molecule has 1 aromatic heterocycles. The summed E-state index contributed by atoms with van der Waals surface area (Å²) in [6.45, 7) is 4.50. The molecule has 0 bridgehead atoms. The van der Waals surface area contributed by atoms with Crippen LogP contribution in [-0.2, 0) is 0 Å². The second-order valence-corrected chi connectivity index (χ2v) is 12.8. The molecule has 0 saturated heterocycles. The highest BCUT2D eigenvalue weighted by atomic mass is 32.1. The average Bonchev–Trinajstić information content (AvgIpc) is 3.42. The molecule has 9 rings (SSSR count). The largest absolute Gasteiger partial charge is 0.135 e. The zero-order valence-corrected chi connectivity index (χ0v) is 24.9. The summed E-state index contributed by atoms with van der Waals surface area (Å²) < 4.78 is 2.66. The lowest BCUT2D eigenvalue weighted by Gasteiger charge is -2.15. The van der Waals surface area contributed by atoms with Gasteiger partial charge < -0.3 is 0 Å². The number of hydrogen-bond donors (Lipinski definition) is 0. The van der Waals surface area contributed by atoms with Crippen molar-refractivity contribution < 1.29 is 0 Å². The van der Waals surface area contributed by atoms with Crippen molar-refractivity contribution in [1.82, 2.24) is 0 Å². The molecule has 0 aliphatic carbocycles. The van der Waals surface area contributed by atoms with Crippen molar-refractivity contribution in [3.8, 4) is 22.3 Å². The van der Waals surface area contributed by atoms with Crippen LogP contribution >= 0.6 is 11.3 Å². The van der Waals surface area contributed by atoms with Gasteiger partial charge in [-0.3, -0.25) is 0 Å². The summed E-state index contributed by atoms with van der Waals surface area (Å²) >= 11 is 1.90. The first kappa shape index (κ1) is 24.6. The molecule has 0 radical (unpaired) electrons. The van der Waals surface area contributed by atoms with Crippen molar-refractivity contribution >= 4 is 74.6 Å². The lowest BCUT2D eigenvalue weighted by Crippen LogP contribution is -1.89. The topological polar surface area (TPSA) is 0 Å². The molecular weight excluding hydrogens is 537 g/mol. The molecule has 0 aliphatic heterocycles. The van der Waals surface area contributed by atoms with E-state index in [-0.39, 0.29) is 0 Å². The standard InChI is InChI=1S/C42H28S/c1-25-29-11-3-7-15-34(29)41(35-16-8-4-12-30(25)35)27-20-22-39-38(23-27)33-21-19-28(24-40(33)43-39)42-36-17-9-5-13-31(36)26(2)32-14-6-10-18-37(32)42/h3-24H,1-2H3. The lowest BCUT2D eigenvalue weighted by molar-refractivity contribution is 1.58. The van der Waals surface area contributed by atoms with Gasteiger partial charge in [-0.1, -0.05) is 115 Å². The average molecular weight is 565 g/mol. The molecule has 0 aliphatic rings. The molecule has 0 fully saturated rings. The van der Waals surface area contributed by atoms with E-state index in [1.807, 2.05) is 11.3 Å². The number of benzene rings is 8. The summed E-state index contributed by atoms with van der Waals surface area (Å²) in [5.74, 6) is 0. The number of fused-ring (bicyclic) bond motifs is 7. The molecule has 202 valence electrons. The molecule has 0 nitrogen and oxygen atoms in total. The van der Waals surface area contributed by atoms with E-state index in [0.717, 1.165) is 0 Å². The fraction of sp³-hybridized carbons (Fsp3) is 0.0476. The minimum absolute atomic E-state index is 1.28. The summed E-state index contributed by atoms with van der Waals surface area (Å²) in [6, 6.07) is 49.6. The van der Waals surface area contributed by atoms with Gasteiger partial charge in [0.15, 0.2) is 0 Å². The van der Waals surface area contributed by atoms with Crippen LogP contribution < -0.4 is 0 Å². The van der Waals surface area contributed by atoms with Gasteiger partial charge in [0.25, 0.3) is 0 Å². The Kier molecular flexibility index (Phi) is 5.30. The lowest BCUT2D eigenvalue weighted by atomic mass is 9.88. The van der Waals surface area contributed by atoms with Gasteiger partial charge in [-0.15, -0.1) is 11.3 Å². The zero-order chi connectivity index (χ0) is 28.7. The first-order valence-corrected chi connectivity index (χ1v) is 15.8. The normalized spacial score (nSPS) is 12.0. The summed E-state index contributed by atoms with van der Waals surface area (Å²) in [6.07, 6.45) is 0. The minimum atomic E-state index is 1.28. The van der Waals surface area contributed by atoms with Gasteiger partial charge in [0.2, 0.25) is 0 Å². The van der Waals surface area contributed by atoms with Crippen LogP contribution in [0.4, 0.5) is 0 Å². The van der Waals surface area contributed by atoms with E-state index in [9.17, 15) is 0 Å². The summed E-state index contributed by atoms with van der Waals surface area (Å²) in [5, 5.41) is 13.2. The monoisotopic (exact) mass is 564 g/mol. The number of aryl methyl sites for hydroxylation is 2. The van der Waals surface area contributed by atoms with Crippen molar-refractivity contribution in [2.75, 3.05) is 0 Å². The van der Waals surface area contributed by atoms with E-state index >= 15 is 0 Å². The van der Waals surface area contributed by atoms with Gasteiger partial charge in [-0.05, 0) is 109 Å². The Bertz CT molecular complexity index is 2470. The van der Waals surface area contributed by atoms with Crippen molar-refractivity contribution in [1.29, 1.82) is 0 Å². The Hall–Kier alpha value is -4.98. The molecule has 8 aromatic carbocycles. The molecule has 1 heterocycles. The van der Waals surface area contributed by atoms with Gasteiger partial charge in [-0.2, -0.15) is 0 Å². The Morgan fingerprint density at radius 1 is 0.326 bits per heavy atom. The van der Waals surface area contributed by atoms with Crippen molar-refractivity contribution in [3.63, 3.8) is 0 Å². The van der Waals surface area contributed by atoms with E-state index in [4.69, 9.17) is 0 Å². The highest BCUT2D eigenvalue weighted by Crippen LogP contribution is 2.44. The first-order valence-electron chi connectivity index (χ1n) is 14.9. The van der Waals surface area contributed by atoms with Crippen LogP contribution in [0.25, 0.3) is 85.5 Å². The summed E-state index contributed by atoms with van der Waals surface area (Å²) in [7, 11) is 0. The Balaban J connectivity index is 1.29. The molecule has 0 amide bonds. The van der Waals surface area contributed by atoms with Crippen molar-refractivity contribution in [2.24, 2.45) is 0 Å². The second-order valence-electron chi connectivity index (χ2n) is 11.7. The van der Waals surface area contributed by atoms with Gasteiger partial charge in [0, 0.05) is 20.2 Å². The van der Waals surface area contributed by atoms with Crippen LogP contribution in [0.5, 0.6) is 0 Å². The maximum atomic E-state index is 2.42. The highest BCUT2D eigenvalue weighted by Gasteiger charge is 2.17. The molecule has 43 heavy (non-hydrogen) atoms. The number of rotatable bonds is 2. The second kappa shape index (κ2) is 9.26. The van der Waals surface area contributed by atoms with Gasteiger partial charge in [0.1, 0.15) is 0 Å². The predicted molar refractivity (Wildman–Crippen MR) is 190 cm³/mol. The zero-order valence-electron chi connectivity index (χ0n) is 24.1. The van der Waals surface area contributed by atoms with Crippen LogP contribution in [0.2, 0.25) is 0 Å². The third-order valence-electron chi connectivity index (χ3n) is 9.45. The Morgan fingerprint density at radius 3 is 1.19 bits per heavy atom. The van der Waals surface area contributed by atoms with E-state index in [0.29, 0.717) is 0 Å². The van der Waals surface area contributed by atoms with E-state index < -0.39 is 0 Å². The molecule has 0 atom stereocenters. The van der Waals surface area contributed by atoms with Gasteiger partial charge in [-0.25, -0.2) is 0 Å². The fourth-order valence-corrected chi connectivity index (χ4v) is 8.53. The number of hydrogen-bond acceptors (Lipinski definition) is 1. The molecule has 9 aromatic rings. The minimum Gasteiger partial charge on any atom is -0.135 e. The maximum Gasteiger partial charge on any atom is 0.0361 e.